The third-order valence-electron chi connectivity index (χ3n) is 4.65. The minimum absolute atomic E-state index is 0.310. The van der Waals surface area contributed by atoms with E-state index in [0.29, 0.717) is 42.0 Å². The quantitative estimate of drug-likeness (QED) is 0.802. The molecule has 0 aliphatic carbocycles. The molecule has 1 aliphatic rings. The number of likely N-dealkylation sites (N-methyl/N-ethyl adjacent to an activating group) is 1. The van der Waals surface area contributed by atoms with E-state index in [4.69, 9.17) is 9.78 Å². The number of likely N-dealkylation sites (tertiary alicyclic amines) is 1. The Balaban J connectivity index is 1.55. The molecule has 1 aromatic heterocycles. The second-order valence-electron chi connectivity index (χ2n) is 6.47. The summed E-state index contributed by atoms with van der Waals surface area (Å²) in [5, 5.41) is 12.8. The Morgan fingerprint density at radius 1 is 1.48 bits per heavy atom. The first-order chi connectivity index (χ1) is 12.1. The molecule has 0 radical (unpaired) electrons. The van der Waals surface area contributed by atoms with E-state index >= 15 is 0 Å². The molecule has 7 heteroatoms. The molecule has 1 aromatic carbocycles. The molecule has 2 aromatic rings. The van der Waals surface area contributed by atoms with Crippen molar-refractivity contribution in [2.45, 2.75) is 38.9 Å². The minimum Gasteiger partial charge on any atom is -0.339 e. The largest absolute Gasteiger partial charge is 0.339 e. The highest BCUT2D eigenvalue weighted by molar-refractivity contribution is 5.32. The van der Waals surface area contributed by atoms with Crippen molar-refractivity contribution in [1.82, 2.24) is 19.9 Å². The SMILES string of the molecule is CCc1nc(CN(C)[C@@H]2CCN(Cc3ccc(C#N)cc3F)C2)no1. The van der Waals surface area contributed by atoms with Crippen molar-refractivity contribution in [2.75, 3.05) is 20.1 Å². The fourth-order valence-corrected chi connectivity index (χ4v) is 3.15. The third kappa shape index (κ3) is 4.21. The smallest absolute Gasteiger partial charge is 0.226 e. The molecular weight excluding hydrogens is 321 g/mol. The molecule has 132 valence electrons. The highest BCUT2D eigenvalue weighted by Gasteiger charge is 2.27. The van der Waals surface area contributed by atoms with E-state index in [0.717, 1.165) is 25.9 Å². The first-order valence-corrected chi connectivity index (χ1v) is 8.51. The summed E-state index contributed by atoms with van der Waals surface area (Å²) in [5.41, 5.74) is 0.986. The fourth-order valence-electron chi connectivity index (χ4n) is 3.15. The van der Waals surface area contributed by atoms with E-state index in [1.807, 2.05) is 13.0 Å². The van der Waals surface area contributed by atoms with Gasteiger partial charge < -0.3 is 4.52 Å². The summed E-state index contributed by atoms with van der Waals surface area (Å²) in [6, 6.07) is 7.01. The van der Waals surface area contributed by atoms with Gasteiger partial charge in [-0.1, -0.05) is 18.1 Å². The Labute approximate surface area is 146 Å². The van der Waals surface area contributed by atoms with Gasteiger partial charge in [0.15, 0.2) is 5.82 Å². The zero-order valence-electron chi connectivity index (χ0n) is 14.6. The van der Waals surface area contributed by atoms with Gasteiger partial charge in [-0.05, 0) is 25.6 Å². The molecule has 0 spiro atoms. The van der Waals surface area contributed by atoms with Crippen LogP contribution in [0.2, 0.25) is 0 Å². The summed E-state index contributed by atoms with van der Waals surface area (Å²) in [6.45, 7) is 4.98. The van der Waals surface area contributed by atoms with Gasteiger partial charge >= 0.3 is 0 Å². The Bertz CT molecular complexity index is 769. The lowest BCUT2D eigenvalue weighted by Gasteiger charge is -2.23. The predicted molar refractivity (Wildman–Crippen MR) is 89.9 cm³/mol. The molecule has 0 amide bonds. The van der Waals surface area contributed by atoms with Crippen LogP contribution in [0.3, 0.4) is 0 Å². The highest BCUT2D eigenvalue weighted by Crippen LogP contribution is 2.20. The third-order valence-corrected chi connectivity index (χ3v) is 4.65. The number of nitrogens with zero attached hydrogens (tertiary/aromatic N) is 5. The molecule has 25 heavy (non-hydrogen) atoms. The van der Waals surface area contributed by atoms with E-state index in [2.05, 4.69) is 27.0 Å². The van der Waals surface area contributed by atoms with Gasteiger partial charge in [0.1, 0.15) is 5.82 Å². The van der Waals surface area contributed by atoms with E-state index in [-0.39, 0.29) is 5.82 Å². The van der Waals surface area contributed by atoms with Gasteiger partial charge in [0, 0.05) is 37.7 Å². The zero-order chi connectivity index (χ0) is 17.8. The maximum absolute atomic E-state index is 14.1. The van der Waals surface area contributed by atoms with Crippen LogP contribution >= 0.6 is 0 Å². The predicted octanol–water partition coefficient (Wildman–Crippen LogP) is 2.35. The van der Waals surface area contributed by atoms with Crippen LogP contribution in [0.15, 0.2) is 22.7 Å². The number of aromatic nitrogens is 2. The molecule has 0 saturated carbocycles. The Morgan fingerprint density at radius 3 is 3.00 bits per heavy atom. The van der Waals surface area contributed by atoms with Crippen LogP contribution in [0.1, 0.15) is 36.2 Å². The Morgan fingerprint density at radius 2 is 2.32 bits per heavy atom. The number of hydrogen-bond donors (Lipinski definition) is 0. The minimum atomic E-state index is -0.310. The summed E-state index contributed by atoms with van der Waals surface area (Å²) in [5.74, 6) is 1.05. The van der Waals surface area contributed by atoms with Crippen molar-refractivity contribution in [3.63, 3.8) is 0 Å². The summed E-state index contributed by atoms with van der Waals surface area (Å²) < 4.78 is 19.2. The number of halogens is 1. The Hall–Kier alpha value is -2.30. The lowest BCUT2D eigenvalue weighted by molar-refractivity contribution is 0.215. The Kier molecular flexibility index (Phi) is 5.41. The van der Waals surface area contributed by atoms with Gasteiger partial charge in [0.05, 0.1) is 18.2 Å². The van der Waals surface area contributed by atoms with Crippen molar-refractivity contribution < 1.29 is 8.91 Å². The van der Waals surface area contributed by atoms with Crippen LogP contribution in [0.5, 0.6) is 0 Å². The van der Waals surface area contributed by atoms with E-state index in [9.17, 15) is 4.39 Å². The number of benzene rings is 1. The average molecular weight is 343 g/mol. The van der Waals surface area contributed by atoms with Crippen LogP contribution < -0.4 is 0 Å². The molecular formula is C18H22FN5O. The molecule has 3 rings (SSSR count). The molecule has 1 fully saturated rings. The van der Waals surface area contributed by atoms with Crippen LogP contribution in [-0.4, -0.2) is 46.1 Å². The summed E-state index contributed by atoms with van der Waals surface area (Å²) in [6.07, 6.45) is 1.76. The number of hydrogen-bond acceptors (Lipinski definition) is 6. The molecule has 0 N–H and O–H groups in total. The number of aryl methyl sites for hydroxylation is 1. The summed E-state index contributed by atoms with van der Waals surface area (Å²) in [4.78, 5) is 8.80. The van der Waals surface area contributed by atoms with Gasteiger partial charge in [-0.3, -0.25) is 9.80 Å². The van der Waals surface area contributed by atoms with E-state index in [1.165, 1.54) is 6.07 Å². The first-order valence-electron chi connectivity index (χ1n) is 8.51. The number of nitriles is 1. The number of rotatable bonds is 6. The monoisotopic (exact) mass is 343 g/mol. The molecule has 0 bridgehead atoms. The first kappa shape index (κ1) is 17.5. The normalized spacial score (nSPS) is 18.0. The van der Waals surface area contributed by atoms with Crippen molar-refractivity contribution in [3.8, 4) is 6.07 Å². The highest BCUT2D eigenvalue weighted by atomic mass is 19.1. The second-order valence-corrected chi connectivity index (χ2v) is 6.47. The van der Waals surface area contributed by atoms with Gasteiger partial charge in [-0.2, -0.15) is 10.2 Å². The lowest BCUT2D eigenvalue weighted by Crippen LogP contribution is -2.34. The summed E-state index contributed by atoms with van der Waals surface area (Å²) >= 11 is 0. The zero-order valence-corrected chi connectivity index (χ0v) is 14.6. The van der Waals surface area contributed by atoms with Crippen LogP contribution in [-0.2, 0) is 19.5 Å². The van der Waals surface area contributed by atoms with Crippen molar-refractivity contribution in [2.24, 2.45) is 0 Å². The van der Waals surface area contributed by atoms with E-state index < -0.39 is 0 Å². The maximum Gasteiger partial charge on any atom is 0.226 e. The molecule has 6 nitrogen and oxygen atoms in total. The second kappa shape index (κ2) is 7.72. The van der Waals surface area contributed by atoms with Gasteiger partial charge in [0.2, 0.25) is 5.89 Å². The summed E-state index contributed by atoms with van der Waals surface area (Å²) in [7, 11) is 2.05. The molecule has 1 aliphatic heterocycles. The fraction of sp³-hybridized carbons (Fsp3) is 0.500. The maximum atomic E-state index is 14.1. The van der Waals surface area contributed by atoms with Crippen LogP contribution in [0.25, 0.3) is 0 Å². The lowest BCUT2D eigenvalue weighted by atomic mass is 10.1. The van der Waals surface area contributed by atoms with Gasteiger partial charge in [-0.25, -0.2) is 4.39 Å². The van der Waals surface area contributed by atoms with Gasteiger partial charge in [0.25, 0.3) is 0 Å². The average Bonchev–Trinajstić information content (AvgIpc) is 3.26. The molecule has 0 unspecified atom stereocenters. The molecule has 2 heterocycles. The topological polar surface area (TPSA) is 69.2 Å². The molecule has 1 saturated heterocycles. The van der Waals surface area contributed by atoms with E-state index in [1.54, 1.807) is 12.1 Å². The van der Waals surface area contributed by atoms with Crippen LogP contribution in [0, 0.1) is 17.1 Å². The standard InChI is InChI=1S/C18H22FN5O/c1-3-18-21-17(22-25-18)12-23(2)15-6-7-24(11-15)10-14-5-4-13(9-20)8-16(14)19/h4-5,8,15H,3,6-7,10-12H2,1-2H3/t15-/m1/s1. The van der Waals surface area contributed by atoms with Crippen LogP contribution in [0.4, 0.5) is 4.39 Å². The van der Waals surface area contributed by atoms with Crippen molar-refractivity contribution in [3.05, 3.63) is 46.9 Å². The molecule has 1 atom stereocenters. The van der Waals surface area contributed by atoms with Crippen molar-refractivity contribution in [1.29, 1.82) is 5.26 Å². The van der Waals surface area contributed by atoms with Gasteiger partial charge in [-0.15, -0.1) is 0 Å². The van der Waals surface area contributed by atoms with Crippen molar-refractivity contribution >= 4 is 0 Å².